The lowest BCUT2D eigenvalue weighted by Crippen LogP contribution is -1.95. The van der Waals surface area contributed by atoms with Gasteiger partial charge in [0.05, 0.1) is 12.2 Å². The van der Waals surface area contributed by atoms with Crippen molar-refractivity contribution >= 4 is 29.2 Å². The van der Waals surface area contributed by atoms with E-state index in [0.717, 1.165) is 10.6 Å². The fourth-order valence-corrected chi connectivity index (χ4v) is 2.46. The molecule has 0 radical (unpaired) electrons. The van der Waals surface area contributed by atoms with Crippen molar-refractivity contribution < 1.29 is 19.4 Å². The molecule has 1 aromatic carbocycles. The molecule has 108 valence electrons. The number of carboxylic acids is 1. The maximum atomic E-state index is 12.0. The molecule has 0 atom stereocenters. The van der Waals surface area contributed by atoms with Gasteiger partial charge in [-0.2, -0.15) is 0 Å². The summed E-state index contributed by atoms with van der Waals surface area (Å²) in [6.07, 6.45) is 3.06. The zero-order chi connectivity index (χ0) is 15.2. The fourth-order valence-electron chi connectivity index (χ4n) is 1.69. The summed E-state index contributed by atoms with van der Waals surface area (Å²) >= 11 is 1.28. The van der Waals surface area contributed by atoms with Crippen molar-refractivity contribution in [2.45, 2.75) is 6.92 Å². The van der Waals surface area contributed by atoms with Gasteiger partial charge in [0.2, 0.25) is 0 Å². The van der Waals surface area contributed by atoms with E-state index in [1.54, 1.807) is 35.7 Å². The predicted octanol–water partition coefficient (Wildman–Crippen LogP) is 3.74. The summed E-state index contributed by atoms with van der Waals surface area (Å²) in [5, 5.41) is 10.4. The average molecular weight is 302 g/mol. The van der Waals surface area contributed by atoms with Crippen molar-refractivity contribution in [1.29, 1.82) is 0 Å². The Morgan fingerprint density at radius 2 is 1.95 bits per heavy atom. The number of ether oxygens (including phenoxy) is 1. The Bertz CT molecular complexity index is 668. The van der Waals surface area contributed by atoms with Crippen LogP contribution < -0.4 is 4.74 Å². The Balaban J connectivity index is 2.05. The second-order valence-corrected chi connectivity index (χ2v) is 5.14. The number of allylic oxidation sites excluding steroid dienone is 1. The normalized spacial score (nSPS) is 10.7. The molecule has 0 aliphatic heterocycles. The van der Waals surface area contributed by atoms with Gasteiger partial charge in [0.15, 0.2) is 5.78 Å². The highest BCUT2D eigenvalue weighted by Crippen LogP contribution is 2.17. The molecule has 1 aromatic heterocycles. The minimum Gasteiger partial charge on any atom is -0.494 e. The van der Waals surface area contributed by atoms with Crippen LogP contribution in [0.15, 0.2) is 41.8 Å². The van der Waals surface area contributed by atoms with Crippen LogP contribution >= 0.6 is 11.3 Å². The van der Waals surface area contributed by atoms with Gasteiger partial charge in [-0.3, -0.25) is 4.79 Å². The predicted molar refractivity (Wildman–Crippen MR) is 82.3 cm³/mol. The minimum absolute atomic E-state index is 0.136. The van der Waals surface area contributed by atoms with Gasteiger partial charge in [0.1, 0.15) is 5.75 Å². The summed E-state index contributed by atoms with van der Waals surface area (Å²) in [5.74, 6) is -0.380. The van der Waals surface area contributed by atoms with Gasteiger partial charge in [-0.1, -0.05) is 0 Å². The summed E-state index contributed by atoms with van der Waals surface area (Å²) in [6, 6.07) is 8.44. The summed E-state index contributed by atoms with van der Waals surface area (Å²) in [4.78, 5) is 23.5. The van der Waals surface area contributed by atoms with Gasteiger partial charge in [-0.15, -0.1) is 11.3 Å². The monoisotopic (exact) mass is 302 g/mol. The van der Waals surface area contributed by atoms with Crippen LogP contribution in [0.3, 0.4) is 0 Å². The van der Waals surface area contributed by atoms with Crippen molar-refractivity contribution in [1.82, 2.24) is 0 Å². The second-order valence-electron chi connectivity index (χ2n) is 4.20. The standard InChI is InChI=1S/C16H14O4S/c1-2-20-13-5-3-11(4-6-13)15(17)8-7-14-9-12(10-21-14)16(18)19/h3-10H,2H2,1H3,(H,18,19). The van der Waals surface area contributed by atoms with Crippen LogP contribution in [-0.2, 0) is 0 Å². The Labute approximate surface area is 126 Å². The third-order valence-electron chi connectivity index (χ3n) is 2.72. The van der Waals surface area contributed by atoms with Crippen LogP contribution in [0.25, 0.3) is 6.08 Å². The molecule has 0 saturated carbocycles. The smallest absolute Gasteiger partial charge is 0.336 e. The van der Waals surface area contributed by atoms with E-state index in [1.165, 1.54) is 23.5 Å². The lowest BCUT2D eigenvalue weighted by atomic mass is 10.1. The Morgan fingerprint density at radius 1 is 1.24 bits per heavy atom. The number of carbonyl (C=O) groups excluding carboxylic acids is 1. The van der Waals surface area contributed by atoms with Gasteiger partial charge in [0.25, 0.3) is 0 Å². The molecule has 0 unspecified atom stereocenters. The lowest BCUT2D eigenvalue weighted by molar-refractivity contribution is 0.0697. The molecule has 0 spiro atoms. The largest absolute Gasteiger partial charge is 0.494 e. The molecule has 0 saturated heterocycles. The number of aromatic carboxylic acids is 1. The molecule has 0 aliphatic rings. The van der Waals surface area contributed by atoms with Gasteiger partial charge in [-0.05, 0) is 49.4 Å². The topological polar surface area (TPSA) is 63.6 Å². The number of carbonyl (C=O) groups is 2. The molecular weight excluding hydrogens is 288 g/mol. The van der Waals surface area contributed by atoms with Crippen molar-refractivity contribution in [3.8, 4) is 5.75 Å². The zero-order valence-electron chi connectivity index (χ0n) is 11.4. The maximum absolute atomic E-state index is 12.0. The van der Waals surface area contributed by atoms with Gasteiger partial charge < -0.3 is 9.84 Å². The highest BCUT2D eigenvalue weighted by Gasteiger charge is 2.06. The number of rotatable bonds is 6. The zero-order valence-corrected chi connectivity index (χ0v) is 12.2. The van der Waals surface area contributed by atoms with Gasteiger partial charge in [0, 0.05) is 15.8 Å². The third kappa shape index (κ3) is 4.03. The van der Waals surface area contributed by atoms with Crippen molar-refractivity contribution in [2.24, 2.45) is 0 Å². The van der Waals surface area contributed by atoms with E-state index < -0.39 is 5.97 Å². The van der Waals surface area contributed by atoms with Gasteiger partial charge in [-0.25, -0.2) is 4.79 Å². The lowest BCUT2D eigenvalue weighted by Gasteiger charge is -2.02. The van der Waals surface area contributed by atoms with Crippen molar-refractivity contribution in [2.75, 3.05) is 6.61 Å². The maximum Gasteiger partial charge on any atom is 0.336 e. The Kier molecular flexibility index (Phi) is 4.90. The molecule has 21 heavy (non-hydrogen) atoms. The first-order chi connectivity index (χ1) is 10.1. The Hall–Kier alpha value is -2.40. The van der Waals surface area contributed by atoms with Crippen LogP contribution in [0.1, 0.15) is 32.5 Å². The van der Waals surface area contributed by atoms with E-state index in [1.807, 2.05) is 6.92 Å². The van der Waals surface area contributed by atoms with Crippen LogP contribution in [-0.4, -0.2) is 23.5 Å². The minimum atomic E-state index is -0.969. The first-order valence-electron chi connectivity index (χ1n) is 6.37. The number of ketones is 1. The molecule has 1 N–H and O–H groups in total. The molecule has 0 fully saturated rings. The second kappa shape index (κ2) is 6.85. The van der Waals surface area contributed by atoms with E-state index in [2.05, 4.69) is 0 Å². The fraction of sp³-hybridized carbons (Fsp3) is 0.125. The van der Waals surface area contributed by atoms with Crippen LogP contribution in [0.4, 0.5) is 0 Å². The van der Waals surface area contributed by atoms with Crippen molar-refractivity contribution in [3.63, 3.8) is 0 Å². The summed E-state index contributed by atoms with van der Waals surface area (Å²) in [6.45, 7) is 2.48. The molecule has 0 amide bonds. The molecule has 5 heteroatoms. The first kappa shape index (κ1) is 15.0. The SMILES string of the molecule is CCOc1ccc(C(=O)C=Cc2cc(C(=O)O)cs2)cc1. The third-order valence-corrected chi connectivity index (χ3v) is 3.61. The first-order valence-corrected chi connectivity index (χ1v) is 7.25. The summed E-state index contributed by atoms with van der Waals surface area (Å²) in [7, 11) is 0. The number of hydrogen-bond acceptors (Lipinski definition) is 4. The number of carboxylic acid groups (broad SMARTS) is 1. The molecule has 2 rings (SSSR count). The van der Waals surface area contributed by atoms with Crippen molar-refractivity contribution in [3.05, 3.63) is 57.8 Å². The Morgan fingerprint density at radius 3 is 2.52 bits per heavy atom. The summed E-state index contributed by atoms with van der Waals surface area (Å²) in [5.41, 5.74) is 0.790. The van der Waals surface area contributed by atoms with Gasteiger partial charge >= 0.3 is 5.97 Å². The highest BCUT2D eigenvalue weighted by atomic mass is 32.1. The van der Waals surface area contributed by atoms with E-state index in [4.69, 9.17) is 9.84 Å². The molecular formula is C16H14O4S. The molecule has 4 nitrogen and oxygen atoms in total. The quantitative estimate of drug-likeness (QED) is 0.652. The number of benzene rings is 1. The average Bonchev–Trinajstić information content (AvgIpc) is 2.95. The molecule has 2 aromatic rings. The van der Waals surface area contributed by atoms with E-state index in [-0.39, 0.29) is 11.3 Å². The number of hydrogen-bond donors (Lipinski definition) is 1. The summed E-state index contributed by atoms with van der Waals surface area (Å²) < 4.78 is 5.31. The van der Waals surface area contributed by atoms with E-state index in [0.29, 0.717) is 12.2 Å². The number of thiophene rings is 1. The van der Waals surface area contributed by atoms with Crippen LogP contribution in [0, 0.1) is 0 Å². The van der Waals surface area contributed by atoms with E-state index in [9.17, 15) is 9.59 Å². The molecule has 0 aliphatic carbocycles. The molecule has 1 heterocycles. The van der Waals surface area contributed by atoms with Crippen LogP contribution in [0.2, 0.25) is 0 Å². The van der Waals surface area contributed by atoms with E-state index >= 15 is 0 Å². The molecule has 0 bridgehead atoms. The highest BCUT2D eigenvalue weighted by molar-refractivity contribution is 7.11. The van der Waals surface area contributed by atoms with Crippen LogP contribution in [0.5, 0.6) is 5.75 Å².